The van der Waals surface area contributed by atoms with Crippen LogP contribution in [0.3, 0.4) is 0 Å². The monoisotopic (exact) mass is 293 g/mol. The second kappa shape index (κ2) is 7.43. The summed E-state index contributed by atoms with van der Waals surface area (Å²) in [6, 6.07) is 7.09. The second-order valence-corrected chi connectivity index (χ2v) is 5.40. The molecule has 0 unspecified atom stereocenters. The van der Waals surface area contributed by atoms with Crippen LogP contribution in [0, 0.1) is 0 Å². The van der Waals surface area contributed by atoms with Crippen molar-refractivity contribution in [2.24, 2.45) is 0 Å². The van der Waals surface area contributed by atoms with Crippen molar-refractivity contribution in [3.63, 3.8) is 0 Å². The highest BCUT2D eigenvalue weighted by Gasteiger charge is 2.30. The summed E-state index contributed by atoms with van der Waals surface area (Å²) in [7, 11) is 0. The van der Waals surface area contributed by atoms with Crippen molar-refractivity contribution in [1.29, 1.82) is 0 Å². The number of benzene rings is 1. The summed E-state index contributed by atoms with van der Waals surface area (Å²) in [5, 5.41) is 13.1. The van der Waals surface area contributed by atoms with Crippen LogP contribution in [0.5, 0.6) is 5.75 Å². The Balaban J connectivity index is 1.90. The van der Waals surface area contributed by atoms with Crippen LogP contribution in [-0.4, -0.2) is 43.0 Å². The lowest BCUT2D eigenvalue weighted by atomic mass is 9.94. The number of aliphatic hydroxyl groups is 1. The fraction of sp³-hybridized carbons (Fsp3) is 0.562. The molecule has 1 aromatic rings. The highest BCUT2D eigenvalue weighted by molar-refractivity contribution is 5.94. The summed E-state index contributed by atoms with van der Waals surface area (Å²) in [5.74, 6) is 0.492. The number of hydrogen-bond acceptors (Lipinski definition) is 4. The number of ether oxygens (including phenoxy) is 2. The molecule has 1 aromatic carbocycles. The average molecular weight is 293 g/mol. The molecule has 0 saturated carbocycles. The molecular formula is C16H23NO4. The van der Waals surface area contributed by atoms with E-state index in [0.717, 1.165) is 6.42 Å². The van der Waals surface area contributed by atoms with Gasteiger partial charge >= 0.3 is 0 Å². The Morgan fingerprint density at radius 2 is 2.19 bits per heavy atom. The minimum absolute atomic E-state index is 0.197. The lowest BCUT2D eigenvalue weighted by molar-refractivity contribution is -0.0605. The third kappa shape index (κ3) is 4.72. The van der Waals surface area contributed by atoms with E-state index in [1.165, 1.54) is 0 Å². The van der Waals surface area contributed by atoms with E-state index in [0.29, 0.717) is 44.0 Å². The quantitative estimate of drug-likeness (QED) is 0.838. The minimum Gasteiger partial charge on any atom is -0.494 e. The normalized spacial score (nSPS) is 17.2. The minimum atomic E-state index is -0.857. The van der Waals surface area contributed by atoms with Crippen LogP contribution < -0.4 is 10.1 Å². The highest BCUT2D eigenvalue weighted by atomic mass is 16.5. The van der Waals surface area contributed by atoms with Crippen LogP contribution in [-0.2, 0) is 4.74 Å². The second-order valence-electron chi connectivity index (χ2n) is 5.40. The molecule has 5 nitrogen and oxygen atoms in total. The van der Waals surface area contributed by atoms with Gasteiger partial charge in [-0.05, 0) is 24.6 Å². The summed E-state index contributed by atoms with van der Waals surface area (Å²) in [5.41, 5.74) is -0.316. The zero-order valence-corrected chi connectivity index (χ0v) is 12.4. The largest absolute Gasteiger partial charge is 0.494 e. The van der Waals surface area contributed by atoms with E-state index in [2.05, 4.69) is 5.32 Å². The molecule has 2 rings (SSSR count). The number of nitrogens with one attached hydrogen (secondary N) is 1. The van der Waals surface area contributed by atoms with Gasteiger partial charge in [0.05, 0.1) is 12.2 Å². The molecule has 0 spiro atoms. The molecule has 1 heterocycles. The Morgan fingerprint density at radius 1 is 1.43 bits per heavy atom. The topological polar surface area (TPSA) is 67.8 Å². The first-order chi connectivity index (χ1) is 10.1. The van der Waals surface area contributed by atoms with Gasteiger partial charge in [0.2, 0.25) is 0 Å². The predicted molar refractivity (Wildman–Crippen MR) is 79.6 cm³/mol. The van der Waals surface area contributed by atoms with Crippen LogP contribution in [0.2, 0.25) is 0 Å². The Labute approximate surface area is 125 Å². The smallest absolute Gasteiger partial charge is 0.251 e. The third-order valence-electron chi connectivity index (χ3n) is 3.57. The molecule has 2 N–H and O–H groups in total. The van der Waals surface area contributed by atoms with Gasteiger partial charge in [-0.1, -0.05) is 13.0 Å². The van der Waals surface area contributed by atoms with Crippen molar-refractivity contribution in [2.75, 3.05) is 26.4 Å². The molecule has 116 valence electrons. The Morgan fingerprint density at radius 3 is 2.90 bits per heavy atom. The molecule has 1 saturated heterocycles. The number of amides is 1. The predicted octanol–water partition coefficient (Wildman–Crippen LogP) is 1.75. The molecule has 0 atom stereocenters. The number of carbonyl (C=O) groups excluding carboxylic acids is 1. The van der Waals surface area contributed by atoms with Gasteiger partial charge in [-0.3, -0.25) is 4.79 Å². The SMILES string of the molecule is CCCOc1cccc(C(=O)NCC2(O)CCOCC2)c1. The number of rotatable bonds is 6. The molecule has 0 bridgehead atoms. The summed E-state index contributed by atoms with van der Waals surface area (Å²) in [6.07, 6.45) is 2.02. The Bertz CT molecular complexity index is 469. The molecule has 0 aliphatic carbocycles. The number of carbonyl (C=O) groups is 1. The maximum atomic E-state index is 12.1. The summed E-state index contributed by atoms with van der Waals surface area (Å²) in [4.78, 5) is 12.1. The molecule has 1 fully saturated rings. The molecule has 5 heteroatoms. The maximum absolute atomic E-state index is 12.1. The van der Waals surface area contributed by atoms with E-state index in [-0.39, 0.29) is 12.5 Å². The van der Waals surface area contributed by atoms with E-state index >= 15 is 0 Å². The van der Waals surface area contributed by atoms with Crippen molar-refractivity contribution in [3.05, 3.63) is 29.8 Å². The van der Waals surface area contributed by atoms with Gasteiger partial charge in [-0.15, -0.1) is 0 Å². The van der Waals surface area contributed by atoms with Gasteiger partial charge in [0, 0.05) is 38.2 Å². The van der Waals surface area contributed by atoms with Crippen LogP contribution in [0.4, 0.5) is 0 Å². The third-order valence-corrected chi connectivity index (χ3v) is 3.57. The first-order valence-electron chi connectivity index (χ1n) is 7.44. The van der Waals surface area contributed by atoms with E-state index in [1.807, 2.05) is 13.0 Å². The van der Waals surface area contributed by atoms with Crippen LogP contribution in [0.15, 0.2) is 24.3 Å². The van der Waals surface area contributed by atoms with E-state index in [4.69, 9.17) is 9.47 Å². The van der Waals surface area contributed by atoms with Gasteiger partial charge in [0.25, 0.3) is 5.91 Å². The molecule has 21 heavy (non-hydrogen) atoms. The van der Waals surface area contributed by atoms with Gasteiger partial charge in [-0.25, -0.2) is 0 Å². The molecule has 0 radical (unpaired) electrons. The first kappa shape index (κ1) is 15.8. The van der Waals surface area contributed by atoms with Crippen LogP contribution >= 0.6 is 0 Å². The summed E-state index contributed by atoms with van der Waals surface area (Å²) < 4.78 is 10.7. The fourth-order valence-electron chi connectivity index (χ4n) is 2.22. The molecule has 0 aromatic heterocycles. The van der Waals surface area contributed by atoms with E-state index in [1.54, 1.807) is 18.2 Å². The summed E-state index contributed by atoms with van der Waals surface area (Å²) >= 11 is 0. The standard InChI is InChI=1S/C16H23NO4/c1-2-8-21-14-5-3-4-13(11-14)15(18)17-12-16(19)6-9-20-10-7-16/h3-5,11,19H,2,6-10,12H2,1H3,(H,17,18). The first-order valence-corrected chi connectivity index (χ1v) is 7.44. The van der Waals surface area contributed by atoms with Crippen LogP contribution in [0.25, 0.3) is 0 Å². The van der Waals surface area contributed by atoms with Gasteiger partial charge in [0.1, 0.15) is 5.75 Å². The van der Waals surface area contributed by atoms with Crippen molar-refractivity contribution < 1.29 is 19.4 Å². The van der Waals surface area contributed by atoms with E-state index < -0.39 is 5.60 Å². The average Bonchev–Trinajstić information content (AvgIpc) is 2.52. The van der Waals surface area contributed by atoms with Crippen molar-refractivity contribution in [2.45, 2.75) is 31.8 Å². The van der Waals surface area contributed by atoms with Gasteiger partial charge < -0.3 is 19.9 Å². The lowest BCUT2D eigenvalue weighted by Crippen LogP contribution is -2.46. The van der Waals surface area contributed by atoms with Crippen LogP contribution in [0.1, 0.15) is 36.5 Å². The van der Waals surface area contributed by atoms with E-state index in [9.17, 15) is 9.90 Å². The van der Waals surface area contributed by atoms with Gasteiger partial charge in [-0.2, -0.15) is 0 Å². The maximum Gasteiger partial charge on any atom is 0.251 e. The highest BCUT2D eigenvalue weighted by Crippen LogP contribution is 2.20. The summed E-state index contributed by atoms with van der Waals surface area (Å²) in [6.45, 7) is 3.98. The van der Waals surface area contributed by atoms with Crippen molar-refractivity contribution in [1.82, 2.24) is 5.32 Å². The van der Waals surface area contributed by atoms with Gasteiger partial charge in [0.15, 0.2) is 0 Å². The molecular weight excluding hydrogens is 270 g/mol. The number of hydrogen-bond donors (Lipinski definition) is 2. The van der Waals surface area contributed by atoms with Crippen molar-refractivity contribution >= 4 is 5.91 Å². The fourth-order valence-corrected chi connectivity index (χ4v) is 2.22. The molecule has 1 aliphatic rings. The Kier molecular flexibility index (Phi) is 5.59. The lowest BCUT2D eigenvalue weighted by Gasteiger charge is -2.32. The molecule has 1 amide bonds. The zero-order chi connectivity index (χ0) is 15.1. The molecule has 1 aliphatic heterocycles. The Hall–Kier alpha value is -1.59. The van der Waals surface area contributed by atoms with Crippen molar-refractivity contribution in [3.8, 4) is 5.75 Å². The zero-order valence-electron chi connectivity index (χ0n) is 12.4.